The first-order chi connectivity index (χ1) is 10.3. The molecule has 0 atom stereocenters. The van der Waals surface area contributed by atoms with Gasteiger partial charge in [-0.3, -0.25) is 9.36 Å². The average Bonchev–Trinajstić information content (AvgIpc) is 3.05. The average molecular weight is 273 g/mol. The van der Waals surface area contributed by atoms with Crippen molar-refractivity contribution in [3.05, 3.63) is 64.4 Å². The zero-order chi connectivity index (χ0) is 14.0. The molecule has 1 aliphatic heterocycles. The van der Waals surface area contributed by atoms with E-state index in [2.05, 4.69) is 22.1 Å². The highest BCUT2D eigenvalue weighted by Crippen LogP contribution is 2.34. The zero-order valence-electron chi connectivity index (χ0n) is 11.1. The van der Waals surface area contributed by atoms with Gasteiger partial charge in [-0.15, -0.1) is 0 Å². The van der Waals surface area contributed by atoms with Gasteiger partial charge in [-0.1, -0.05) is 30.3 Å². The van der Waals surface area contributed by atoms with Crippen molar-refractivity contribution in [3.8, 4) is 11.5 Å². The lowest BCUT2D eigenvalue weighted by atomic mass is 10.1. The number of hydrogen-bond acceptors (Lipinski definition) is 2. The van der Waals surface area contributed by atoms with Crippen LogP contribution in [-0.4, -0.2) is 14.5 Å². The fourth-order valence-corrected chi connectivity index (χ4v) is 3.22. The Labute approximate surface area is 119 Å². The van der Waals surface area contributed by atoms with Gasteiger partial charge in [0.2, 0.25) is 0 Å². The van der Waals surface area contributed by atoms with Crippen LogP contribution in [0.4, 0.5) is 0 Å². The number of para-hydroxylation sites is 2. The molecule has 2 aromatic heterocycles. The Kier molecular flexibility index (Phi) is 1.86. The second kappa shape index (κ2) is 3.61. The molecule has 0 amide bonds. The van der Waals surface area contributed by atoms with E-state index in [1.54, 1.807) is 4.57 Å². The number of H-pyrrole nitrogens is 1. The fraction of sp³-hybridized carbons (Fsp3) is 0.0588. The number of benzene rings is 2. The summed E-state index contributed by atoms with van der Waals surface area (Å²) in [6.07, 6.45) is 0. The van der Waals surface area contributed by atoms with Crippen LogP contribution in [0.5, 0.6) is 0 Å². The fourth-order valence-electron chi connectivity index (χ4n) is 3.22. The smallest absolute Gasteiger partial charge is 0.262 e. The maximum absolute atomic E-state index is 12.6. The zero-order valence-corrected chi connectivity index (χ0v) is 11.1. The van der Waals surface area contributed by atoms with E-state index in [9.17, 15) is 4.79 Å². The molecule has 4 aromatic rings. The molecule has 0 saturated carbocycles. The number of aromatic nitrogens is 3. The lowest BCUT2D eigenvalue weighted by Gasteiger charge is -2.05. The molecule has 1 N–H and O–H groups in total. The van der Waals surface area contributed by atoms with E-state index < -0.39 is 0 Å². The molecule has 21 heavy (non-hydrogen) atoms. The van der Waals surface area contributed by atoms with Gasteiger partial charge in [0.25, 0.3) is 5.56 Å². The molecular formula is C17H11N3O. The molecule has 100 valence electrons. The molecule has 3 heterocycles. The van der Waals surface area contributed by atoms with Gasteiger partial charge >= 0.3 is 0 Å². The predicted octanol–water partition coefficient (Wildman–Crippen LogP) is 2.91. The summed E-state index contributed by atoms with van der Waals surface area (Å²) in [5.74, 6) is 0.741. The summed E-state index contributed by atoms with van der Waals surface area (Å²) in [6.45, 7) is 0.589. The van der Waals surface area contributed by atoms with Gasteiger partial charge in [0.15, 0.2) is 5.82 Å². The summed E-state index contributed by atoms with van der Waals surface area (Å²) >= 11 is 0. The van der Waals surface area contributed by atoms with E-state index in [-0.39, 0.29) is 5.56 Å². The monoisotopic (exact) mass is 273 g/mol. The van der Waals surface area contributed by atoms with E-state index in [0.29, 0.717) is 11.9 Å². The Morgan fingerprint density at radius 2 is 1.76 bits per heavy atom. The van der Waals surface area contributed by atoms with Gasteiger partial charge < -0.3 is 4.98 Å². The number of nitrogens with zero attached hydrogens (tertiary/aromatic N) is 2. The van der Waals surface area contributed by atoms with Gasteiger partial charge in [-0.05, 0) is 18.2 Å². The van der Waals surface area contributed by atoms with Crippen LogP contribution in [0, 0.1) is 0 Å². The van der Waals surface area contributed by atoms with Gasteiger partial charge in [-0.2, -0.15) is 0 Å². The highest BCUT2D eigenvalue weighted by molar-refractivity contribution is 5.92. The minimum atomic E-state index is 0.0317. The SMILES string of the molecule is O=c1c2ccccc2nc2n1Cc1c-2[nH]c2ccccc12. The molecule has 0 bridgehead atoms. The lowest BCUT2D eigenvalue weighted by Crippen LogP contribution is -2.20. The number of aromatic amines is 1. The highest BCUT2D eigenvalue weighted by Gasteiger charge is 2.26. The molecular weight excluding hydrogens is 262 g/mol. The van der Waals surface area contributed by atoms with Gasteiger partial charge in [0.05, 0.1) is 23.1 Å². The van der Waals surface area contributed by atoms with Crippen LogP contribution in [0.3, 0.4) is 0 Å². The quantitative estimate of drug-likeness (QED) is 0.471. The second-order valence-electron chi connectivity index (χ2n) is 5.37. The van der Waals surface area contributed by atoms with Crippen LogP contribution in [0.15, 0.2) is 53.3 Å². The summed E-state index contributed by atoms with van der Waals surface area (Å²) in [6, 6.07) is 15.7. The first-order valence-electron chi connectivity index (χ1n) is 6.92. The van der Waals surface area contributed by atoms with E-state index in [0.717, 1.165) is 28.1 Å². The van der Waals surface area contributed by atoms with Gasteiger partial charge in [0.1, 0.15) is 0 Å². The Morgan fingerprint density at radius 1 is 1.00 bits per heavy atom. The van der Waals surface area contributed by atoms with Crippen molar-refractivity contribution in [2.75, 3.05) is 0 Å². The van der Waals surface area contributed by atoms with Crippen molar-refractivity contribution in [3.63, 3.8) is 0 Å². The van der Waals surface area contributed by atoms with Crippen molar-refractivity contribution in [2.45, 2.75) is 6.54 Å². The van der Waals surface area contributed by atoms with Crippen LogP contribution in [0.2, 0.25) is 0 Å². The van der Waals surface area contributed by atoms with Crippen molar-refractivity contribution in [1.82, 2.24) is 14.5 Å². The van der Waals surface area contributed by atoms with Gasteiger partial charge in [-0.25, -0.2) is 4.98 Å². The Balaban J connectivity index is 1.93. The van der Waals surface area contributed by atoms with Crippen LogP contribution >= 0.6 is 0 Å². The largest absolute Gasteiger partial charge is 0.352 e. The van der Waals surface area contributed by atoms with Crippen LogP contribution < -0.4 is 5.56 Å². The van der Waals surface area contributed by atoms with E-state index in [4.69, 9.17) is 0 Å². The lowest BCUT2D eigenvalue weighted by molar-refractivity contribution is 0.799. The van der Waals surface area contributed by atoms with Crippen molar-refractivity contribution in [2.24, 2.45) is 0 Å². The van der Waals surface area contributed by atoms with E-state index in [1.165, 1.54) is 5.39 Å². The van der Waals surface area contributed by atoms with E-state index >= 15 is 0 Å². The topological polar surface area (TPSA) is 50.7 Å². The summed E-state index contributed by atoms with van der Waals surface area (Å²) in [5.41, 5.74) is 4.00. The summed E-state index contributed by atoms with van der Waals surface area (Å²) in [4.78, 5) is 20.7. The number of fused-ring (bicyclic) bond motifs is 6. The molecule has 1 aliphatic rings. The minimum absolute atomic E-state index is 0.0317. The molecule has 0 unspecified atom stereocenters. The molecule has 2 aromatic carbocycles. The van der Waals surface area contributed by atoms with Crippen LogP contribution in [-0.2, 0) is 6.54 Å². The Morgan fingerprint density at radius 3 is 2.67 bits per heavy atom. The molecule has 0 radical (unpaired) electrons. The standard InChI is InChI=1S/C17H11N3O/c21-17-11-6-2-4-8-14(11)19-16-15-12(9-20(16)17)10-5-1-3-7-13(10)18-15/h1-8,18H,9H2. The van der Waals surface area contributed by atoms with Crippen LogP contribution in [0.25, 0.3) is 33.3 Å². The molecule has 0 saturated heterocycles. The first kappa shape index (κ1) is 10.9. The Bertz CT molecular complexity index is 1090. The van der Waals surface area contributed by atoms with Crippen molar-refractivity contribution in [1.29, 1.82) is 0 Å². The highest BCUT2D eigenvalue weighted by atomic mass is 16.1. The minimum Gasteiger partial charge on any atom is -0.352 e. The third-order valence-corrected chi connectivity index (χ3v) is 4.22. The molecule has 0 aliphatic carbocycles. The number of hydrogen-bond donors (Lipinski definition) is 1. The predicted molar refractivity (Wildman–Crippen MR) is 82.4 cm³/mol. The number of nitrogens with one attached hydrogen (secondary N) is 1. The van der Waals surface area contributed by atoms with Gasteiger partial charge in [0, 0.05) is 16.5 Å². The second-order valence-corrected chi connectivity index (χ2v) is 5.37. The molecule has 4 heteroatoms. The summed E-state index contributed by atoms with van der Waals surface area (Å²) < 4.78 is 1.76. The summed E-state index contributed by atoms with van der Waals surface area (Å²) in [7, 11) is 0. The van der Waals surface area contributed by atoms with Crippen molar-refractivity contribution >= 4 is 21.8 Å². The third kappa shape index (κ3) is 1.29. The maximum atomic E-state index is 12.6. The molecule has 0 fully saturated rings. The van der Waals surface area contributed by atoms with Crippen LogP contribution in [0.1, 0.15) is 5.56 Å². The molecule has 0 spiro atoms. The van der Waals surface area contributed by atoms with E-state index in [1.807, 2.05) is 36.4 Å². The maximum Gasteiger partial charge on any atom is 0.262 e. The normalized spacial score (nSPS) is 12.8. The number of rotatable bonds is 0. The van der Waals surface area contributed by atoms with Crippen molar-refractivity contribution < 1.29 is 0 Å². The Hall–Kier alpha value is -2.88. The third-order valence-electron chi connectivity index (χ3n) is 4.22. The molecule has 4 nitrogen and oxygen atoms in total. The summed E-state index contributed by atoms with van der Waals surface area (Å²) in [5, 5.41) is 1.84. The first-order valence-corrected chi connectivity index (χ1v) is 6.92. The molecule has 5 rings (SSSR count).